The van der Waals surface area contributed by atoms with Gasteiger partial charge in [-0.2, -0.15) is 0 Å². The molecule has 91 valence electrons. The van der Waals surface area contributed by atoms with Crippen LogP contribution in [0.15, 0.2) is 42.5 Å². The maximum atomic E-state index is 11.0. The van der Waals surface area contributed by atoms with Gasteiger partial charge < -0.3 is 5.32 Å². The van der Waals surface area contributed by atoms with E-state index in [0.717, 1.165) is 16.3 Å². The Morgan fingerprint density at radius 2 is 1.94 bits per heavy atom. The third-order valence-electron chi connectivity index (χ3n) is 2.82. The summed E-state index contributed by atoms with van der Waals surface area (Å²) < 4.78 is 0. The monoisotopic (exact) mass is 240 g/mol. The zero-order valence-electron chi connectivity index (χ0n) is 10.1. The summed E-state index contributed by atoms with van der Waals surface area (Å²) in [6, 6.07) is 13.3. The molecule has 0 bridgehead atoms. The zero-order chi connectivity index (χ0) is 13.0. The topological polar surface area (TPSA) is 46.2 Å². The molecule has 2 aromatic rings. The van der Waals surface area contributed by atoms with Crippen LogP contribution in [0.4, 0.5) is 0 Å². The third kappa shape index (κ3) is 2.74. The predicted octanol–water partition coefficient (Wildman–Crippen LogP) is 2.00. The number of hydrogen-bond acceptors (Lipinski definition) is 2. The second-order valence-electron chi connectivity index (χ2n) is 4.21. The van der Waals surface area contributed by atoms with Crippen LogP contribution in [0.3, 0.4) is 0 Å². The third-order valence-corrected chi connectivity index (χ3v) is 2.82. The summed E-state index contributed by atoms with van der Waals surface area (Å²) in [5.74, 6) is -0.219. The highest BCUT2D eigenvalue weighted by Crippen LogP contribution is 2.19. The normalized spacial score (nSPS) is 12.1. The Kier molecular flexibility index (Phi) is 3.72. The molecule has 2 rings (SSSR count). The molecule has 0 aliphatic carbocycles. The molecule has 0 aromatic heterocycles. The lowest BCUT2D eigenvalue weighted by atomic mass is 9.99. The molecular weight excluding hydrogens is 226 g/mol. The van der Waals surface area contributed by atoms with Crippen molar-refractivity contribution in [1.29, 1.82) is 0 Å². The van der Waals surface area contributed by atoms with Crippen molar-refractivity contribution in [1.82, 2.24) is 5.32 Å². The molecule has 3 heteroatoms. The van der Waals surface area contributed by atoms with E-state index >= 15 is 0 Å². The van der Waals surface area contributed by atoms with Crippen LogP contribution in [0.5, 0.6) is 0 Å². The van der Waals surface area contributed by atoms with Crippen LogP contribution in [0.1, 0.15) is 12.5 Å². The van der Waals surface area contributed by atoms with Crippen molar-refractivity contribution in [3.63, 3.8) is 0 Å². The number of carbonyl (C=O) groups excluding carboxylic acids is 2. The molecule has 0 heterocycles. The highest BCUT2D eigenvalue weighted by molar-refractivity contribution is 5.86. The molecule has 1 N–H and O–H groups in total. The van der Waals surface area contributed by atoms with Crippen LogP contribution < -0.4 is 5.32 Å². The fraction of sp³-hybridized carbons (Fsp3) is 0.200. The van der Waals surface area contributed by atoms with Gasteiger partial charge in [-0.1, -0.05) is 42.5 Å². The SMILES string of the molecule is CC(=O)N[C@H]([C]=O)Cc1cccc2ccccc12. The van der Waals surface area contributed by atoms with Crippen molar-refractivity contribution in [2.45, 2.75) is 19.4 Å². The maximum Gasteiger partial charge on any atom is 0.223 e. The molecule has 3 nitrogen and oxygen atoms in total. The lowest BCUT2D eigenvalue weighted by Crippen LogP contribution is -2.35. The standard InChI is InChI=1S/C15H14NO2/c1-11(18)16-14(10-17)9-13-7-4-6-12-5-2-3-8-15(12)13/h2-8,14H,9H2,1H3,(H,16,18)/t14-/m0/s1. The summed E-state index contributed by atoms with van der Waals surface area (Å²) in [5.41, 5.74) is 1.04. The Morgan fingerprint density at radius 1 is 1.22 bits per heavy atom. The average Bonchev–Trinajstić information content (AvgIpc) is 2.38. The lowest BCUT2D eigenvalue weighted by molar-refractivity contribution is -0.119. The van der Waals surface area contributed by atoms with Crippen molar-refractivity contribution in [3.8, 4) is 0 Å². The summed E-state index contributed by atoms with van der Waals surface area (Å²) in [5, 5.41) is 4.81. The molecule has 0 saturated carbocycles. The van der Waals surface area contributed by atoms with Crippen molar-refractivity contribution < 1.29 is 9.59 Å². The van der Waals surface area contributed by atoms with Crippen LogP contribution in [0, 0.1) is 0 Å². The second kappa shape index (κ2) is 5.45. The minimum absolute atomic E-state index is 0.219. The van der Waals surface area contributed by atoms with Gasteiger partial charge in [0.2, 0.25) is 12.2 Å². The molecule has 2 aromatic carbocycles. The van der Waals surface area contributed by atoms with E-state index in [0.29, 0.717) is 6.42 Å². The van der Waals surface area contributed by atoms with Gasteiger partial charge in [-0.3, -0.25) is 9.59 Å². The van der Waals surface area contributed by atoms with E-state index < -0.39 is 6.04 Å². The molecule has 0 unspecified atom stereocenters. The number of fused-ring (bicyclic) bond motifs is 1. The van der Waals surface area contributed by atoms with Gasteiger partial charge in [-0.25, -0.2) is 0 Å². The first kappa shape index (κ1) is 12.3. The number of hydrogen-bond donors (Lipinski definition) is 1. The first-order valence-electron chi connectivity index (χ1n) is 5.82. The van der Waals surface area contributed by atoms with Gasteiger partial charge in [0.15, 0.2) is 0 Å². The smallest absolute Gasteiger partial charge is 0.223 e. The Morgan fingerprint density at radius 3 is 2.67 bits per heavy atom. The van der Waals surface area contributed by atoms with E-state index in [-0.39, 0.29) is 5.91 Å². The molecule has 1 amide bonds. The van der Waals surface area contributed by atoms with Crippen LogP contribution in [-0.4, -0.2) is 18.2 Å². The summed E-state index contributed by atoms with van der Waals surface area (Å²) in [6.45, 7) is 1.40. The molecule has 1 atom stereocenters. The Hall–Kier alpha value is -2.16. The second-order valence-corrected chi connectivity index (χ2v) is 4.21. The summed E-state index contributed by atoms with van der Waals surface area (Å²) >= 11 is 0. The van der Waals surface area contributed by atoms with Crippen LogP contribution in [0.25, 0.3) is 10.8 Å². The molecule has 0 saturated heterocycles. The van der Waals surface area contributed by atoms with E-state index in [4.69, 9.17) is 0 Å². The quantitative estimate of drug-likeness (QED) is 0.888. The average molecular weight is 240 g/mol. The highest BCUT2D eigenvalue weighted by atomic mass is 16.2. The van der Waals surface area contributed by atoms with E-state index in [9.17, 15) is 9.59 Å². The maximum absolute atomic E-state index is 11.0. The number of carbonyl (C=O) groups is 1. The number of benzene rings is 2. The van der Waals surface area contributed by atoms with Crippen molar-refractivity contribution in [3.05, 3.63) is 48.0 Å². The number of nitrogens with one attached hydrogen (secondary N) is 1. The predicted molar refractivity (Wildman–Crippen MR) is 71.0 cm³/mol. The molecule has 0 aliphatic rings. The fourth-order valence-electron chi connectivity index (χ4n) is 2.06. The van der Waals surface area contributed by atoms with Crippen molar-refractivity contribution in [2.75, 3.05) is 0 Å². The highest BCUT2D eigenvalue weighted by Gasteiger charge is 2.12. The summed E-state index contributed by atoms with van der Waals surface area (Å²) in [4.78, 5) is 21.8. The van der Waals surface area contributed by atoms with Gasteiger partial charge in [0, 0.05) is 13.3 Å². The summed E-state index contributed by atoms with van der Waals surface area (Å²) in [6.07, 6.45) is 2.33. The molecule has 0 spiro atoms. The molecule has 18 heavy (non-hydrogen) atoms. The summed E-state index contributed by atoms with van der Waals surface area (Å²) in [7, 11) is 0. The van der Waals surface area contributed by atoms with Crippen LogP contribution >= 0.6 is 0 Å². The molecule has 0 aliphatic heterocycles. The van der Waals surface area contributed by atoms with E-state index in [1.807, 2.05) is 48.8 Å². The van der Waals surface area contributed by atoms with E-state index in [2.05, 4.69) is 5.32 Å². The number of amides is 1. The van der Waals surface area contributed by atoms with Crippen molar-refractivity contribution >= 4 is 23.0 Å². The largest absolute Gasteiger partial charge is 0.346 e. The zero-order valence-corrected chi connectivity index (χ0v) is 10.1. The van der Waals surface area contributed by atoms with Crippen LogP contribution in [0.2, 0.25) is 0 Å². The molecule has 1 radical (unpaired) electrons. The minimum Gasteiger partial charge on any atom is -0.346 e. The minimum atomic E-state index is -0.590. The number of rotatable bonds is 4. The molecule has 0 fully saturated rings. The van der Waals surface area contributed by atoms with E-state index in [1.54, 1.807) is 0 Å². The first-order valence-corrected chi connectivity index (χ1v) is 5.82. The van der Waals surface area contributed by atoms with Crippen LogP contribution in [-0.2, 0) is 16.0 Å². The van der Waals surface area contributed by atoms with E-state index in [1.165, 1.54) is 6.92 Å². The Bertz CT molecular complexity index is 572. The van der Waals surface area contributed by atoms with Crippen molar-refractivity contribution in [2.24, 2.45) is 0 Å². The lowest BCUT2D eigenvalue weighted by Gasteiger charge is -2.12. The van der Waals surface area contributed by atoms with Gasteiger partial charge in [0.05, 0.1) is 6.04 Å². The Balaban J connectivity index is 2.30. The fourth-order valence-corrected chi connectivity index (χ4v) is 2.06. The molecular formula is C15H14NO2. The first-order chi connectivity index (χ1) is 8.70. The van der Waals surface area contributed by atoms with Gasteiger partial charge in [0.25, 0.3) is 0 Å². The van der Waals surface area contributed by atoms with Gasteiger partial charge in [-0.15, -0.1) is 0 Å². The Labute approximate surface area is 106 Å². The van der Waals surface area contributed by atoms with Gasteiger partial charge >= 0.3 is 0 Å². The van der Waals surface area contributed by atoms with Gasteiger partial charge in [0.1, 0.15) is 0 Å². The van der Waals surface area contributed by atoms with Gasteiger partial charge in [-0.05, 0) is 16.3 Å².